The van der Waals surface area contributed by atoms with Gasteiger partial charge >= 0.3 is 21.1 Å². The molecule has 2 heterocycles. The van der Waals surface area contributed by atoms with Crippen molar-refractivity contribution in [3.8, 4) is 34.5 Å². The van der Waals surface area contributed by atoms with Crippen molar-refractivity contribution in [3.63, 3.8) is 0 Å². The van der Waals surface area contributed by atoms with E-state index in [1.807, 2.05) is 97.9 Å². The molecule has 0 aliphatic rings. The highest BCUT2D eigenvalue weighted by atomic mass is 79.9. The van der Waals surface area contributed by atoms with Crippen LogP contribution in [-0.2, 0) is 36.8 Å². The van der Waals surface area contributed by atoms with Crippen LogP contribution >= 0.6 is 83.7 Å². The number of aromatic nitrogens is 2. The van der Waals surface area contributed by atoms with E-state index >= 15 is 0 Å². The van der Waals surface area contributed by atoms with Gasteiger partial charge in [0.1, 0.15) is 40.3 Å². The maximum absolute atomic E-state index is 12.9. The van der Waals surface area contributed by atoms with E-state index in [2.05, 4.69) is 68.3 Å². The molecule has 0 saturated heterocycles. The number of hydrazine groups is 2. The topological polar surface area (TPSA) is 435 Å². The van der Waals surface area contributed by atoms with Gasteiger partial charge in [0, 0.05) is 81.4 Å². The van der Waals surface area contributed by atoms with Gasteiger partial charge in [0.2, 0.25) is 0 Å². The Hall–Kier alpha value is -14.0. The standard InChI is InChI=1S/C19H17NO4.C18H15NO4.C16H16N2O2.C14H14N2O2.C9H12N2O.C7H5ClO.C7H10N2O.C5H8O3.C2H4O2.CH4.BBr3.2ClH/c1-12-15(11-18(21)22)16-10-14(24-2)8-9-17(16)20(12)19(23)13-6-4-3-5-7-13;1-11-14(10-17(21)22)15-9-13(20)7-8-16(15)19(11)18(23)12-5-3-2-4-6-12;1-3-17-18(14-9-11-15(20-2)12-10-14)16(19)13-7-5-4-6-8-13;1-18-13-9-7-12(8-10-13)16(15)14(17)11-5-3-2-4-6-11;1-3-10-11-8-4-6-9(12-2)7-5-8;8-7(9)6-4-2-1-3-5-6;1-10-7-4-2-6(9-8)3-5-7;1-4(6)2-3-5(7)8;1-2(3)4;;2-1(3)4;;/h3-10H,11H2,1-2H3,(H,21,22);2-9,20H,10H2,1H3,(H,21,22);3-12H,1-2H3;2-10H,15H2,1H3;3-7,11H,1-2H3;1-5H;2-5,9H,8H2,1H3;2-3H2,1H3,(H,7,8);1H3,(H,3,4);1H4;;2*1H/b;;17-3+;;10-3+;;;;;;;;. The number of rotatable bonds is 23. The molecule has 13 aromatic rings. The summed E-state index contributed by atoms with van der Waals surface area (Å²) in [5.74, 6) is 10.2. The number of benzene rings is 11. The molecule has 0 saturated carbocycles. The number of halogens is 6. The largest absolute Gasteiger partial charge is 0.508 e. The molecule has 0 bridgehead atoms. The first-order chi connectivity index (χ1) is 63.1. The van der Waals surface area contributed by atoms with Crippen molar-refractivity contribution >= 4 is 202 Å². The number of carbonyl (C=O) groups is 10. The Balaban J connectivity index is 0.000000778. The number of nitrogen functional groups attached to an aromatic ring is 1. The predicted molar refractivity (Wildman–Crippen MR) is 550 cm³/mol. The monoisotopic (exact) mass is 2100 g/mol. The Morgan fingerprint density at radius 2 is 0.770 bits per heavy atom. The molecular weight excluding hydrogens is 1990 g/mol. The predicted octanol–water partition coefficient (Wildman–Crippen LogP) is 21.1. The summed E-state index contributed by atoms with van der Waals surface area (Å²) in [6.45, 7) is 9.58. The molecule has 135 heavy (non-hydrogen) atoms. The Bertz CT molecular complexity index is 5860. The van der Waals surface area contributed by atoms with Gasteiger partial charge in [0.05, 0.1) is 82.9 Å². The van der Waals surface area contributed by atoms with Crippen LogP contribution in [0.1, 0.15) is 122 Å². The lowest BCUT2D eigenvalue weighted by Gasteiger charge is -2.17. The summed E-state index contributed by atoms with van der Waals surface area (Å²) >= 11 is 14.5. The van der Waals surface area contributed by atoms with Crippen molar-refractivity contribution in [3.05, 3.63) is 335 Å². The molecule has 0 fully saturated rings. The zero-order valence-corrected chi connectivity index (χ0v) is 81.9. The number of ketones is 1. The maximum atomic E-state index is 12.9. The van der Waals surface area contributed by atoms with Crippen LogP contribution in [0.2, 0.25) is 0 Å². The number of methoxy groups -OCH3 is 5. The number of Topliss-reactive ketones (excluding diaryl/α,β-unsaturated/α-hetero) is 1. The van der Waals surface area contributed by atoms with Crippen molar-refractivity contribution in [1.82, 2.24) is 9.13 Å². The van der Waals surface area contributed by atoms with E-state index < -0.39 is 29.1 Å². The van der Waals surface area contributed by atoms with Crippen molar-refractivity contribution < 1.29 is 97.2 Å². The van der Waals surface area contributed by atoms with Crippen molar-refractivity contribution in [2.45, 2.75) is 74.7 Å². The molecule has 0 radical (unpaired) electrons. The van der Waals surface area contributed by atoms with Gasteiger partial charge in [-0.1, -0.05) is 111 Å². The average molecular weight is 2100 g/mol. The summed E-state index contributed by atoms with van der Waals surface area (Å²) in [4.78, 5) is 112. The molecule has 2 aromatic heterocycles. The SMILES string of the molecule is BrB(Br)Br.C.C/C=N/N(C(=O)c1ccccc1)c1ccc(OC)cc1.C/C=N/Nc1ccc(OC)cc1.CC(=O)CCC(=O)O.CC(=O)O.COc1ccc(N(N)C(=O)c2ccccc2)cc1.COc1ccc(NN)cc1.COc1ccc2c(c1)c(CC(=O)O)c(C)n2C(=O)c1ccccc1.Cc1c(CC(=O)O)c2cc(O)ccc2n1C(=O)c1ccccc1.Cl.Cl.O=C(Cl)c1ccccc1. The Morgan fingerprint density at radius 3 is 1.09 bits per heavy atom. The zero-order valence-electron chi connectivity index (χ0n) is 74.7. The molecular formula is C98H107BBr3Cl3N10O20. The number of fused-ring (bicyclic) bond motifs is 2. The van der Waals surface area contributed by atoms with Gasteiger partial charge in [-0.05, 0) is 239 Å². The molecule has 0 aliphatic heterocycles. The van der Waals surface area contributed by atoms with E-state index in [-0.39, 0.29) is 96.3 Å². The number of ether oxygens (including phenoxy) is 5. The minimum absolute atomic E-state index is 0. The van der Waals surface area contributed by atoms with E-state index in [1.165, 1.54) is 28.6 Å². The van der Waals surface area contributed by atoms with Gasteiger partial charge in [-0.25, -0.2) is 10.9 Å². The number of nitrogens with zero attached hydrogens (tertiary/aromatic N) is 6. The fraction of sp³-hybridized carbons (Fsp3) is 0.163. The summed E-state index contributed by atoms with van der Waals surface area (Å²) in [6, 6.07) is 83.5. The van der Waals surface area contributed by atoms with Crippen molar-refractivity contribution in [2.24, 2.45) is 21.9 Å². The van der Waals surface area contributed by atoms with Crippen LogP contribution in [0.4, 0.5) is 22.7 Å². The summed E-state index contributed by atoms with van der Waals surface area (Å²) < 4.78 is 28.7. The molecule has 37 heteroatoms. The lowest BCUT2D eigenvalue weighted by atomic mass is 10.1. The second-order valence-electron chi connectivity index (χ2n) is 26.8. The number of carbonyl (C=O) groups excluding carboxylic acids is 6. The van der Waals surface area contributed by atoms with Gasteiger partial charge in [-0.15, -0.1) is 72.1 Å². The van der Waals surface area contributed by atoms with E-state index in [1.54, 1.807) is 255 Å². The second kappa shape index (κ2) is 64.8. The molecule has 11 N–H and O–H groups in total. The van der Waals surface area contributed by atoms with Gasteiger partial charge in [-0.2, -0.15) is 15.2 Å². The molecule has 0 spiro atoms. The smallest absolute Gasteiger partial charge is 0.369 e. The highest BCUT2D eigenvalue weighted by molar-refractivity contribution is 9.69. The number of aliphatic carboxylic acids is 4. The fourth-order valence-corrected chi connectivity index (χ4v) is 11.6. The quantitative estimate of drug-likeness (QED) is 0.00717. The molecule has 13 rings (SSSR count). The third kappa shape index (κ3) is 41.8. The first-order valence-electron chi connectivity index (χ1n) is 39.6. The molecule has 30 nitrogen and oxygen atoms in total. The van der Waals surface area contributed by atoms with Crippen LogP contribution in [0.3, 0.4) is 0 Å². The Morgan fingerprint density at radius 1 is 0.444 bits per heavy atom. The zero-order chi connectivity index (χ0) is 97.8. The van der Waals surface area contributed by atoms with Gasteiger partial charge in [-0.3, -0.25) is 63.6 Å². The lowest BCUT2D eigenvalue weighted by Crippen LogP contribution is -2.37. The third-order valence-electron chi connectivity index (χ3n) is 17.7. The van der Waals surface area contributed by atoms with E-state index in [9.17, 15) is 53.4 Å². The van der Waals surface area contributed by atoms with Crippen molar-refractivity contribution in [2.75, 3.05) is 56.4 Å². The number of phenolic OH excluding ortho intramolecular Hbond substituents is 1. The molecule has 714 valence electrons. The number of carboxylic acid groups (broad SMARTS) is 4. The highest BCUT2D eigenvalue weighted by Crippen LogP contribution is 2.33. The minimum Gasteiger partial charge on any atom is -0.508 e. The maximum Gasteiger partial charge on any atom is 0.369 e. The molecule has 0 aliphatic carbocycles. The van der Waals surface area contributed by atoms with Crippen LogP contribution in [0.25, 0.3) is 21.8 Å². The number of nitrogens with one attached hydrogen (secondary N) is 2. The molecule has 11 aromatic carbocycles. The number of hydrazone groups is 2. The second-order valence-corrected chi connectivity index (χ2v) is 33.5. The summed E-state index contributed by atoms with van der Waals surface area (Å²) in [5.41, 5.74) is 14.9. The Kier molecular flexibility index (Phi) is 57.1. The number of hydrogen-bond acceptors (Lipinski definition) is 22. The third-order valence-corrected chi connectivity index (χ3v) is 17.9. The first-order valence-corrected chi connectivity index (χ1v) is 42.8. The first kappa shape index (κ1) is 119. The number of amides is 2. The molecule has 0 unspecified atom stereocenters. The van der Waals surface area contributed by atoms with E-state index in [0.717, 1.165) is 51.7 Å². The van der Waals surface area contributed by atoms with Crippen LogP contribution in [0.15, 0.2) is 295 Å². The van der Waals surface area contributed by atoms with Gasteiger partial charge < -0.3 is 59.4 Å². The van der Waals surface area contributed by atoms with E-state index in [0.29, 0.717) is 83.9 Å². The van der Waals surface area contributed by atoms with E-state index in [4.69, 9.17) is 67.1 Å². The van der Waals surface area contributed by atoms with Crippen molar-refractivity contribution in [1.29, 1.82) is 0 Å². The number of carboxylic acids is 4. The van der Waals surface area contributed by atoms with Gasteiger partial charge in [0.15, 0.2) is 0 Å². The summed E-state index contributed by atoms with van der Waals surface area (Å²) in [7, 11) is 8.02. The Labute approximate surface area is 825 Å². The van der Waals surface area contributed by atoms with Crippen LogP contribution < -0.4 is 56.2 Å². The highest BCUT2D eigenvalue weighted by Gasteiger charge is 2.25. The normalized spacial score (nSPS) is 9.70. The lowest BCUT2D eigenvalue weighted by molar-refractivity contribution is -0.138. The summed E-state index contributed by atoms with van der Waals surface area (Å²) in [5, 5.41) is 54.9. The van der Waals surface area contributed by atoms with Crippen LogP contribution in [0.5, 0.6) is 34.5 Å². The average Bonchev–Trinajstić information content (AvgIpc) is 1.61. The summed E-state index contributed by atoms with van der Waals surface area (Å²) in [6.07, 6.45) is 3.03. The van der Waals surface area contributed by atoms with Crippen LogP contribution in [0, 0.1) is 13.8 Å². The fourth-order valence-electron chi connectivity index (χ4n) is 11.5. The molecule has 0 atom stereocenters. The van der Waals surface area contributed by atoms with Crippen LogP contribution in [-0.4, -0.2) is 144 Å². The number of aromatic hydroxyl groups is 1. The minimum atomic E-state index is -0.984. The van der Waals surface area contributed by atoms with Gasteiger partial charge in [0.25, 0.3) is 34.8 Å². The number of nitrogens with two attached hydrogens (primary N) is 2. The number of phenols is 1. The molecule has 2 amide bonds. The number of hydrogen-bond donors (Lipinski definition) is 9. The number of anilines is 4.